The number of ether oxygens (including phenoxy) is 2. The lowest BCUT2D eigenvalue weighted by atomic mass is 10.1. The zero-order valence-corrected chi connectivity index (χ0v) is 16.2. The zero-order chi connectivity index (χ0) is 21.7. The summed E-state index contributed by atoms with van der Waals surface area (Å²) in [7, 11) is 1.20. The van der Waals surface area contributed by atoms with Crippen molar-refractivity contribution in [1.29, 1.82) is 0 Å². The molecule has 0 unspecified atom stereocenters. The van der Waals surface area contributed by atoms with E-state index in [0.29, 0.717) is 32.7 Å². The number of pyridine rings is 1. The van der Waals surface area contributed by atoms with Crippen LogP contribution in [-0.2, 0) is 6.54 Å². The zero-order valence-electron chi connectivity index (χ0n) is 16.2. The molecule has 1 aromatic carbocycles. The largest absolute Gasteiger partial charge is 0.493 e. The Labute approximate surface area is 171 Å². The van der Waals surface area contributed by atoms with E-state index in [0.717, 1.165) is 17.7 Å². The molecule has 1 aromatic heterocycles. The molecule has 11 heteroatoms. The smallest absolute Gasteiger partial charge is 0.387 e. The van der Waals surface area contributed by atoms with Crippen LogP contribution in [0.2, 0.25) is 0 Å². The summed E-state index contributed by atoms with van der Waals surface area (Å²) in [5.41, 5.74) is 0.247. The lowest BCUT2D eigenvalue weighted by Crippen LogP contribution is -2.48. The molecule has 1 amide bonds. The first-order chi connectivity index (χ1) is 14.4. The number of carbonyl (C=O) groups excluding carboxylic acids is 1. The number of benzene rings is 1. The first-order valence-corrected chi connectivity index (χ1v) is 9.10. The lowest BCUT2D eigenvalue weighted by molar-refractivity contribution is -0.385. The number of nitrogens with zero attached hydrogens (tertiary/aromatic N) is 4. The molecule has 0 radical (unpaired) electrons. The summed E-state index contributed by atoms with van der Waals surface area (Å²) in [6.07, 6.45) is 3.42. The van der Waals surface area contributed by atoms with Crippen LogP contribution in [0.3, 0.4) is 0 Å². The number of nitro groups is 1. The fourth-order valence-electron chi connectivity index (χ4n) is 3.24. The van der Waals surface area contributed by atoms with Gasteiger partial charge in [-0.2, -0.15) is 8.78 Å². The average Bonchev–Trinajstić information content (AvgIpc) is 2.74. The number of halogens is 2. The Bertz CT molecular complexity index is 905. The van der Waals surface area contributed by atoms with E-state index in [4.69, 9.17) is 4.74 Å². The van der Waals surface area contributed by atoms with E-state index in [2.05, 4.69) is 14.6 Å². The van der Waals surface area contributed by atoms with Crippen LogP contribution in [0, 0.1) is 10.1 Å². The summed E-state index contributed by atoms with van der Waals surface area (Å²) in [6.45, 7) is -0.555. The predicted octanol–water partition coefficient (Wildman–Crippen LogP) is 2.56. The fraction of sp³-hybridized carbons (Fsp3) is 0.368. The van der Waals surface area contributed by atoms with Crippen molar-refractivity contribution in [2.45, 2.75) is 13.2 Å². The molecule has 1 aliphatic heterocycles. The Kier molecular flexibility index (Phi) is 6.72. The average molecular weight is 422 g/mol. The quantitative estimate of drug-likeness (QED) is 0.500. The van der Waals surface area contributed by atoms with Gasteiger partial charge in [-0.1, -0.05) is 0 Å². The molecule has 0 N–H and O–H groups in total. The highest BCUT2D eigenvalue weighted by Gasteiger charge is 2.30. The van der Waals surface area contributed by atoms with E-state index >= 15 is 0 Å². The van der Waals surface area contributed by atoms with Crippen molar-refractivity contribution in [3.05, 3.63) is 57.9 Å². The minimum absolute atomic E-state index is 0.180. The third-order valence-corrected chi connectivity index (χ3v) is 4.74. The van der Waals surface area contributed by atoms with Gasteiger partial charge < -0.3 is 14.4 Å². The number of rotatable bonds is 7. The summed E-state index contributed by atoms with van der Waals surface area (Å²) in [6, 6.07) is 5.69. The third-order valence-electron chi connectivity index (χ3n) is 4.74. The van der Waals surface area contributed by atoms with Crippen LogP contribution in [0.5, 0.6) is 11.5 Å². The van der Waals surface area contributed by atoms with E-state index in [9.17, 15) is 23.7 Å². The molecular formula is C19H20F2N4O5. The van der Waals surface area contributed by atoms with Gasteiger partial charge in [-0.15, -0.1) is 0 Å². The Morgan fingerprint density at radius 1 is 1.20 bits per heavy atom. The standard InChI is InChI=1S/C19H20F2N4O5/c1-29-16-10-14(15(25(27)28)11-17(16)30-19(20)21)18(26)24-8-6-23(7-9-24)12-13-2-4-22-5-3-13/h2-5,10-11,19H,6-9,12H2,1H3. The molecule has 1 aliphatic rings. The van der Waals surface area contributed by atoms with Crippen molar-refractivity contribution in [3.8, 4) is 11.5 Å². The second-order valence-corrected chi connectivity index (χ2v) is 6.58. The van der Waals surface area contributed by atoms with Crippen molar-refractivity contribution in [1.82, 2.24) is 14.8 Å². The van der Waals surface area contributed by atoms with Crippen LogP contribution in [0.4, 0.5) is 14.5 Å². The highest BCUT2D eigenvalue weighted by molar-refractivity contribution is 5.99. The molecule has 0 spiro atoms. The second-order valence-electron chi connectivity index (χ2n) is 6.58. The molecule has 160 valence electrons. The van der Waals surface area contributed by atoms with Gasteiger partial charge in [-0.3, -0.25) is 24.8 Å². The summed E-state index contributed by atoms with van der Waals surface area (Å²) in [5, 5.41) is 11.4. The maximum atomic E-state index is 12.9. The van der Waals surface area contributed by atoms with Gasteiger partial charge in [-0.25, -0.2) is 0 Å². The molecule has 0 bridgehead atoms. The number of hydrogen-bond donors (Lipinski definition) is 0. The van der Waals surface area contributed by atoms with Crippen molar-refractivity contribution in [2.24, 2.45) is 0 Å². The fourth-order valence-corrected chi connectivity index (χ4v) is 3.24. The first kappa shape index (κ1) is 21.4. The topological polar surface area (TPSA) is 98.0 Å². The monoisotopic (exact) mass is 422 g/mol. The molecule has 2 aromatic rings. The maximum absolute atomic E-state index is 12.9. The van der Waals surface area contributed by atoms with E-state index in [1.165, 1.54) is 12.0 Å². The minimum atomic E-state index is -3.19. The molecule has 1 fully saturated rings. The van der Waals surface area contributed by atoms with Gasteiger partial charge in [0.15, 0.2) is 11.5 Å². The Hall–Kier alpha value is -3.34. The van der Waals surface area contributed by atoms with Crippen molar-refractivity contribution in [2.75, 3.05) is 33.3 Å². The van der Waals surface area contributed by atoms with Gasteiger partial charge in [0.25, 0.3) is 11.6 Å². The highest BCUT2D eigenvalue weighted by atomic mass is 19.3. The number of piperazine rings is 1. The number of methoxy groups -OCH3 is 1. The van der Waals surface area contributed by atoms with Gasteiger partial charge in [0, 0.05) is 51.2 Å². The SMILES string of the molecule is COc1cc(C(=O)N2CCN(Cc3ccncc3)CC2)c([N+](=O)[O-])cc1OC(F)F. The molecule has 1 saturated heterocycles. The van der Waals surface area contributed by atoms with Gasteiger partial charge in [-0.05, 0) is 17.7 Å². The van der Waals surface area contributed by atoms with Gasteiger partial charge in [0.1, 0.15) is 5.56 Å². The molecule has 30 heavy (non-hydrogen) atoms. The second kappa shape index (κ2) is 9.44. The van der Waals surface area contributed by atoms with Crippen LogP contribution >= 0.6 is 0 Å². The van der Waals surface area contributed by atoms with Gasteiger partial charge in [0.05, 0.1) is 18.1 Å². The highest BCUT2D eigenvalue weighted by Crippen LogP contribution is 2.36. The number of aromatic nitrogens is 1. The van der Waals surface area contributed by atoms with Crippen molar-refractivity contribution >= 4 is 11.6 Å². The van der Waals surface area contributed by atoms with Gasteiger partial charge >= 0.3 is 6.61 Å². The summed E-state index contributed by atoms with van der Waals surface area (Å²) in [4.78, 5) is 31.2. The number of nitro benzene ring substituents is 1. The number of hydrogen-bond acceptors (Lipinski definition) is 7. The van der Waals surface area contributed by atoms with Gasteiger partial charge in [0.2, 0.25) is 0 Å². The number of amides is 1. The van der Waals surface area contributed by atoms with Crippen LogP contribution in [0.15, 0.2) is 36.7 Å². The summed E-state index contributed by atoms with van der Waals surface area (Å²) < 4.78 is 34.4. The van der Waals surface area contributed by atoms with Crippen LogP contribution < -0.4 is 9.47 Å². The summed E-state index contributed by atoms with van der Waals surface area (Å²) in [5.74, 6) is -1.24. The normalized spacial score (nSPS) is 14.6. The molecule has 3 rings (SSSR count). The molecule has 0 atom stereocenters. The molecule has 0 saturated carbocycles. The van der Waals surface area contributed by atoms with E-state index in [1.54, 1.807) is 12.4 Å². The van der Waals surface area contributed by atoms with Crippen LogP contribution in [0.25, 0.3) is 0 Å². The number of alkyl halides is 2. The Morgan fingerprint density at radius 2 is 1.87 bits per heavy atom. The number of carbonyl (C=O) groups is 1. The third kappa shape index (κ3) is 4.98. The first-order valence-electron chi connectivity index (χ1n) is 9.10. The Balaban J connectivity index is 1.75. The van der Waals surface area contributed by atoms with E-state index < -0.39 is 28.9 Å². The molecule has 9 nitrogen and oxygen atoms in total. The lowest BCUT2D eigenvalue weighted by Gasteiger charge is -2.34. The van der Waals surface area contributed by atoms with E-state index in [-0.39, 0.29) is 11.3 Å². The Morgan fingerprint density at radius 3 is 2.43 bits per heavy atom. The van der Waals surface area contributed by atoms with E-state index in [1.807, 2.05) is 12.1 Å². The van der Waals surface area contributed by atoms with Crippen molar-refractivity contribution < 1.29 is 28.0 Å². The van der Waals surface area contributed by atoms with Crippen LogP contribution in [0.1, 0.15) is 15.9 Å². The maximum Gasteiger partial charge on any atom is 0.387 e. The predicted molar refractivity (Wildman–Crippen MR) is 102 cm³/mol. The van der Waals surface area contributed by atoms with Crippen molar-refractivity contribution in [3.63, 3.8) is 0 Å². The molecular weight excluding hydrogens is 402 g/mol. The summed E-state index contributed by atoms with van der Waals surface area (Å²) >= 11 is 0. The molecule has 0 aliphatic carbocycles. The van der Waals surface area contributed by atoms with Crippen LogP contribution in [-0.4, -0.2) is 65.5 Å². The minimum Gasteiger partial charge on any atom is -0.493 e. The molecule has 2 heterocycles.